The van der Waals surface area contributed by atoms with E-state index in [0.29, 0.717) is 0 Å². The first kappa shape index (κ1) is 21.0. The molecule has 178 valence electrons. The van der Waals surface area contributed by atoms with E-state index in [2.05, 4.69) is 143 Å². The lowest BCUT2D eigenvalue weighted by Gasteiger charge is -2.10. The molecule has 0 radical (unpaired) electrons. The predicted octanol–water partition coefficient (Wildman–Crippen LogP) is 8.94. The van der Waals surface area contributed by atoms with Crippen LogP contribution in [0.2, 0.25) is 0 Å². The van der Waals surface area contributed by atoms with E-state index in [1.807, 2.05) is 6.20 Å². The van der Waals surface area contributed by atoms with Gasteiger partial charge in [0.05, 0.1) is 16.6 Å². The summed E-state index contributed by atoms with van der Waals surface area (Å²) in [7, 11) is 0. The average molecular weight is 486 g/mol. The first-order valence-corrected chi connectivity index (χ1v) is 12.9. The van der Waals surface area contributed by atoms with Crippen molar-refractivity contribution in [3.05, 3.63) is 140 Å². The molecule has 0 atom stereocenters. The van der Waals surface area contributed by atoms with Gasteiger partial charge >= 0.3 is 0 Å². The summed E-state index contributed by atoms with van der Waals surface area (Å²) in [6.07, 6.45) is 1.95. The number of rotatable bonds is 3. The summed E-state index contributed by atoms with van der Waals surface area (Å²) in [6, 6.07) is 47.3. The Morgan fingerprint density at radius 2 is 0.921 bits per heavy atom. The summed E-state index contributed by atoms with van der Waals surface area (Å²) in [5.41, 5.74) is 9.23. The third-order valence-corrected chi connectivity index (χ3v) is 7.57. The lowest BCUT2D eigenvalue weighted by molar-refractivity contribution is 1.14. The average Bonchev–Trinajstić information content (AvgIpc) is 3.51. The summed E-state index contributed by atoms with van der Waals surface area (Å²) in [5, 5.41) is 4.89. The second-order valence-corrected chi connectivity index (χ2v) is 9.63. The van der Waals surface area contributed by atoms with E-state index in [1.54, 1.807) is 0 Å². The Balaban J connectivity index is 1.52. The molecule has 3 heterocycles. The molecule has 0 aliphatic rings. The summed E-state index contributed by atoms with van der Waals surface area (Å²) in [4.78, 5) is 4.93. The van der Waals surface area contributed by atoms with Crippen LogP contribution in [-0.4, -0.2) is 14.1 Å². The van der Waals surface area contributed by atoms with Gasteiger partial charge in [-0.05, 0) is 59.7 Å². The van der Waals surface area contributed by atoms with Crippen LogP contribution in [-0.2, 0) is 0 Å². The third-order valence-electron chi connectivity index (χ3n) is 7.57. The van der Waals surface area contributed by atoms with Crippen molar-refractivity contribution in [3.8, 4) is 22.5 Å². The van der Waals surface area contributed by atoms with Gasteiger partial charge in [0.1, 0.15) is 5.65 Å². The lowest BCUT2D eigenvalue weighted by Crippen LogP contribution is -1.95. The van der Waals surface area contributed by atoms with E-state index in [4.69, 9.17) is 4.98 Å². The van der Waals surface area contributed by atoms with Gasteiger partial charge in [-0.15, -0.1) is 0 Å². The van der Waals surface area contributed by atoms with Crippen LogP contribution in [0.25, 0.3) is 66.2 Å². The van der Waals surface area contributed by atoms with Crippen LogP contribution < -0.4 is 0 Å². The zero-order valence-corrected chi connectivity index (χ0v) is 20.6. The van der Waals surface area contributed by atoms with Gasteiger partial charge < -0.3 is 4.57 Å². The summed E-state index contributed by atoms with van der Waals surface area (Å²) in [6.45, 7) is 0. The van der Waals surface area contributed by atoms with Gasteiger partial charge in [0, 0.05) is 39.1 Å². The van der Waals surface area contributed by atoms with Crippen molar-refractivity contribution in [1.82, 2.24) is 14.1 Å². The number of aromatic nitrogens is 3. The van der Waals surface area contributed by atoms with Gasteiger partial charge in [0.2, 0.25) is 0 Å². The maximum absolute atomic E-state index is 4.93. The highest BCUT2D eigenvalue weighted by molar-refractivity contribution is 6.21. The fraction of sp³-hybridized carbons (Fsp3) is 0. The minimum Gasteiger partial charge on any atom is -0.309 e. The number of pyridine rings is 1. The summed E-state index contributed by atoms with van der Waals surface area (Å²) in [5.74, 6) is 0. The van der Waals surface area contributed by atoms with Crippen LogP contribution in [0.15, 0.2) is 140 Å². The molecular weight excluding hydrogens is 462 g/mol. The molecule has 0 bridgehead atoms. The van der Waals surface area contributed by atoms with E-state index in [-0.39, 0.29) is 0 Å². The van der Waals surface area contributed by atoms with Gasteiger partial charge in [-0.3, -0.25) is 4.57 Å². The number of hydrogen-bond donors (Lipinski definition) is 0. The maximum atomic E-state index is 4.93. The van der Waals surface area contributed by atoms with Crippen molar-refractivity contribution in [2.45, 2.75) is 0 Å². The highest BCUT2D eigenvalue weighted by atomic mass is 15.0. The van der Waals surface area contributed by atoms with E-state index in [9.17, 15) is 0 Å². The summed E-state index contributed by atoms with van der Waals surface area (Å²) < 4.78 is 4.65. The zero-order chi connectivity index (χ0) is 25.1. The lowest BCUT2D eigenvalue weighted by atomic mass is 9.97. The van der Waals surface area contributed by atoms with Crippen LogP contribution in [0, 0.1) is 0 Å². The molecule has 0 saturated carbocycles. The van der Waals surface area contributed by atoms with E-state index < -0.39 is 0 Å². The van der Waals surface area contributed by atoms with E-state index in [0.717, 1.165) is 22.5 Å². The van der Waals surface area contributed by atoms with Crippen molar-refractivity contribution >= 4 is 43.7 Å². The third kappa shape index (κ3) is 2.93. The normalized spacial score (nSPS) is 11.7. The smallest absolute Gasteiger partial charge is 0.146 e. The van der Waals surface area contributed by atoms with Crippen molar-refractivity contribution < 1.29 is 0 Å². The number of para-hydroxylation sites is 4. The molecule has 3 nitrogen and oxygen atoms in total. The van der Waals surface area contributed by atoms with Crippen LogP contribution in [0.3, 0.4) is 0 Å². The molecule has 0 saturated heterocycles. The SMILES string of the molecule is c1ccc(-n2c3ccccc3c3c(-c4ccnc5c4c4ccccc4n5-c4ccccc4)cccc32)cc1. The number of benzene rings is 5. The molecule has 0 aliphatic heterocycles. The Bertz CT molecular complexity index is 1960. The molecule has 0 N–H and O–H groups in total. The molecule has 38 heavy (non-hydrogen) atoms. The highest BCUT2D eigenvalue weighted by Gasteiger charge is 2.20. The molecule has 0 fully saturated rings. The molecule has 0 amide bonds. The monoisotopic (exact) mass is 485 g/mol. The topological polar surface area (TPSA) is 22.8 Å². The van der Waals surface area contributed by atoms with Crippen molar-refractivity contribution in [1.29, 1.82) is 0 Å². The molecule has 8 aromatic rings. The van der Waals surface area contributed by atoms with Gasteiger partial charge in [-0.25, -0.2) is 4.98 Å². The van der Waals surface area contributed by atoms with Crippen LogP contribution in [0.1, 0.15) is 0 Å². The maximum Gasteiger partial charge on any atom is 0.146 e. The second kappa shape index (κ2) is 8.19. The molecule has 3 heteroatoms. The Morgan fingerprint density at radius 3 is 1.63 bits per heavy atom. The Kier molecular flexibility index (Phi) is 4.52. The minimum absolute atomic E-state index is 0.971. The van der Waals surface area contributed by atoms with Crippen LogP contribution in [0.5, 0.6) is 0 Å². The molecule has 0 aliphatic carbocycles. The quantitative estimate of drug-likeness (QED) is 0.245. The fourth-order valence-electron chi connectivity index (χ4n) is 6.04. The molecule has 5 aromatic carbocycles. The Morgan fingerprint density at radius 1 is 0.395 bits per heavy atom. The van der Waals surface area contributed by atoms with Crippen molar-refractivity contribution in [3.63, 3.8) is 0 Å². The van der Waals surface area contributed by atoms with Crippen molar-refractivity contribution in [2.24, 2.45) is 0 Å². The fourth-order valence-corrected chi connectivity index (χ4v) is 6.04. The molecular formula is C35H23N3. The van der Waals surface area contributed by atoms with E-state index >= 15 is 0 Å². The largest absolute Gasteiger partial charge is 0.309 e. The van der Waals surface area contributed by atoms with Crippen LogP contribution >= 0.6 is 0 Å². The van der Waals surface area contributed by atoms with Gasteiger partial charge in [-0.1, -0.05) is 84.9 Å². The van der Waals surface area contributed by atoms with Gasteiger partial charge in [0.15, 0.2) is 0 Å². The van der Waals surface area contributed by atoms with Gasteiger partial charge in [-0.2, -0.15) is 0 Å². The van der Waals surface area contributed by atoms with E-state index in [1.165, 1.54) is 43.7 Å². The van der Waals surface area contributed by atoms with Crippen molar-refractivity contribution in [2.75, 3.05) is 0 Å². The molecule has 0 spiro atoms. The first-order valence-electron chi connectivity index (χ1n) is 12.9. The predicted molar refractivity (Wildman–Crippen MR) is 158 cm³/mol. The molecule has 3 aromatic heterocycles. The van der Waals surface area contributed by atoms with Gasteiger partial charge in [0.25, 0.3) is 0 Å². The number of hydrogen-bond acceptors (Lipinski definition) is 1. The number of fused-ring (bicyclic) bond motifs is 6. The summed E-state index contributed by atoms with van der Waals surface area (Å²) >= 11 is 0. The standard InChI is InChI=1S/C35H23N3/c1-3-12-24(13-4-1)37-30-19-9-7-16-28(30)33-26(18-11-21-32(33)37)27-22-23-36-35-34(27)29-17-8-10-20-31(29)38(35)25-14-5-2-6-15-25/h1-23H. The highest BCUT2D eigenvalue weighted by Crippen LogP contribution is 2.43. The number of nitrogens with zero attached hydrogens (tertiary/aromatic N) is 3. The molecule has 8 rings (SSSR count). The second-order valence-electron chi connectivity index (χ2n) is 9.63. The van der Waals surface area contributed by atoms with Crippen LogP contribution in [0.4, 0.5) is 0 Å². The molecule has 0 unspecified atom stereocenters. The first-order chi connectivity index (χ1) is 18.9. The minimum atomic E-state index is 0.971. The Hall–Kier alpha value is -5.15. The zero-order valence-electron chi connectivity index (χ0n) is 20.6. The Labute approximate surface area is 219 Å².